The van der Waals surface area contributed by atoms with Crippen LogP contribution < -0.4 is 10.6 Å². The number of amides is 1. The van der Waals surface area contributed by atoms with Crippen LogP contribution in [0.25, 0.3) is 0 Å². The highest BCUT2D eigenvalue weighted by Crippen LogP contribution is 2.14. The van der Waals surface area contributed by atoms with Crippen LogP contribution in [0.1, 0.15) is 26.7 Å². The first-order chi connectivity index (χ1) is 10.2. The summed E-state index contributed by atoms with van der Waals surface area (Å²) >= 11 is 0. The van der Waals surface area contributed by atoms with Gasteiger partial charge in [-0.05, 0) is 44.5 Å². The van der Waals surface area contributed by atoms with Gasteiger partial charge in [0.05, 0.1) is 0 Å². The van der Waals surface area contributed by atoms with Gasteiger partial charge in [0.25, 0.3) is 5.91 Å². The SMILES string of the molecule is C#CCC/C=C\CNc1ccc(NC(=O)/C(C)=C\C)cc1. The molecule has 3 nitrogen and oxygen atoms in total. The van der Waals surface area contributed by atoms with E-state index in [1.165, 1.54) is 0 Å². The van der Waals surface area contributed by atoms with Crippen molar-refractivity contribution in [2.24, 2.45) is 0 Å². The van der Waals surface area contributed by atoms with Crippen LogP contribution in [0.4, 0.5) is 11.4 Å². The molecule has 3 heteroatoms. The monoisotopic (exact) mass is 282 g/mol. The highest BCUT2D eigenvalue weighted by Gasteiger charge is 2.03. The minimum Gasteiger partial charge on any atom is -0.382 e. The van der Waals surface area contributed by atoms with Gasteiger partial charge in [0.15, 0.2) is 0 Å². The van der Waals surface area contributed by atoms with E-state index in [1.807, 2.05) is 31.2 Å². The number of hydrogen-bond donors (Lipinski definition) is 2. The van der Waals surface area contributed by atoms with E-state index in [9.17, 15) is 4.79 Å². The molecule has 0 saturated carbocycles. The van der Waals surface area contributed by atoms with Gasteiger partial charge in [-0.1, -0.05) is 18.2 Å². The van der Waals surface area contributed by atoms with Crippen molar-refractivity contribution < 1.29 is 4.79 Å². The van der Waals surface area contributed by atoms with E-state index in [1.54, 1.807) is 13.0 Å². The maximum Gasteiger partial charge on any atom is 0.250 e. The normalized spacial score (nSPS) is 11.2. The molecule has 0 spiro atoms. The van der Waals surface area contributed by atoms with Crippen LogP contribution in [0, 0.1) is 12.3 Å². The number of terminal acetylenes is 1. The minimum absolute atomic E-state index is 0.0744. The number of carbonyl (C=O) groups excluding carboxylic acids is 1. The number of carbonyl (C=O) groups is 1. The molecule has 110 valence electrons. The summed E-state index contributed by atoms with van der Waals surface area (Å²) in [7, 11) is 0. The molecule has 0 saturated heterocycles. The smallest absolute Gasteiger partial charge is 0.250 e. The molecule has 0 aromatic heterocycles. The molecule has 1 aromatic rings. The second-order valence-corrected chi connectivity index (χ2v) is 4.60. The van der Waals surface area contributed by atoms with Gasteiger partial charge >= 0.3 is 0 Å². The van der Waals surface area contributed by atoms with E-state index < -0.39 is 0 Å². The van der Waals surface area contributed by atoms with Crippen molar-refractivity contribution in [3.8, 4) is 12.3 Å². The van der Waals surface area contributed by atoms with Crippen molar-refractivity contribution >= 4 is 17.3 Å². The van der Waals surface area contributed by atoms with E-state index >= 15 is 0 Å². The molecule has 0 unspecified atom stereocenters. The van der Waals surface area contributed by atoms with Gasteiger partial charge < -0.3 is 10.6 Å². The van der Waals surface area contributed by atoms with Crippen molar-refractivity contribution in [2.75, 3.05) is 17.2 Å². The fourth-order valence-corrected chi connectivity index (χ4v) is 1.58. The van der Waals surface area contributed by atoms with Crippen molar-refractivity contribution in [3.63, 3.8) is 0 Å². The highest BCUT2D eigenvalue weighted by molar-refractivity contribution is 6.03. The van der Waals surface area contributed by atoms with Crippen LogP contribution in [0.15, 0.2) is 48.1 Å². The largest absolute Gasteiger partial charge is 0.382 e. The van der Waals surface area contributed by atoms with E-state index in [4.69, 9.17) is 6.42 Å². The lowest BCUT2D eigenvalue weighted by atomic mass is 10.2. The molecule has 0 aliphatic heterocycles. The third kappa shape index (κ3) is 6.49. The predicted octanol–water partition coefficient (Wildman–Crippen LogP) is 3.97. The van der Waals surface area contributed by atoms with Gasteiger partial charge in [-0.2, -0.15) is 0 Å². The number of nitrogens with one attached hydrogen (secondary N) is 2. The van der Waals surface area contributed by atoms with Crippen LogP contribution in [-0.4, -0.2) is 12.5 Å². The summed E-state index contributed by atoms with van der Waals surface area (Å²) < 4.78 is 0. The lowest BCUT2D eigenvalue weighted by Crippen LogP contribution is -2.12. The topological polar surface area (TPSA) is 41.1 Å². The fourth-order valence-electron chi connectivity index (χ4n) is 1.58. The lowest BCUT2D eigenvalue weighted by Gasteiger charge is -2.07. The molecule has 0 atom stereocenters. The Hall–Kier alpha value is -2.47. The third-order valence-corrected chi connectivity index (χ3v) is 2.98. The fraction of sp³-hybridized carbons (Fsp3) is 0.278. The van der Waals surface area contributed by atoms with E-state index in [0.29, 0.717) is 5.57 Å². The van der Waals surface area contributed by atoms with E-state index in [2.05, 4.69) is 28.7 Å². The molecular weight excluding hydrogens is 260 g/mol. The second kappa shape index (κ2) is 9.44. The summed E-state index contributed by atoms with van der Waals surface area (Å²) in [6, 6.07) is 7.64. The number of unbranched alkanes of at least 4 members (excludes halogenated alkanes) is 1. The molecule has 0 radical (unpaired) electrons. The number of hydrogen-bond acceptors (Lipinski definition) is 2. The number of anilines is 2. The van der Waals surface area contributed by atoms with Gasteiger partial charge in [-0.3, -0.25) is 4.79 Å². The van der Waals surface area contributed by atoms with E-state index in [-0.39, 0.29) is 5.91 Å². The molecule has 0 bridgehead atoms. The Morgan fingerprint density at radius 3 is 2.52 bits per heavy atom. The van der Waals surface area contributed by atoms with Gasteiger partial charge in [0.2, 0.25) is 0 Å². The van der Waals surface area contributed by atoms with E-state index in [0.717, 1.165) is 30.8 Å². The Labute approximate surface area is 127 Å². The molecule has 0 heterocycles. The first-order valence-electron chi connectivity index (χ1n) is 7.04. The number of benzene rings is 1. The first kappa shape index (κ1) is 16.6. The molecule has 0 aliphatic carbocycles. The quantitative estimate of drug-likeness (QED) is 0.344. The molecular formula is C18H22N2O. The van der Waals surface area contributed by atoms with Crippen LogP contribution in [0.2, 0.25) is 0 Å². The maximum absolute atomic E-state index is 11.7. The second-order valence-electron chi connectivity index (χ2n) is 4.60. The summed E-state index contributed by atoms with van der Waals surface area (Å²) in [4.78, 5) is 11.7. The lowest BCUT2D eigenvalue weighted by molar-refractivity contribution is -0.112. The Morgan fingerprint density at radius 2 is 1.90 bits per heavy atom. The van der Waals surface area contributed by atoms with Crippen molar-refractivity contribution in [1.29, 1.82) is 0 Å². The third-order valence-electron chi connectivity index (χ3n) is 2.98. The summed E-state index contributed by atoms with van der Waals surface area (Å²) in [5.74, 6) is 2.53. The number of allylic oxidation sites excluding steroid dienone is 2. The van der Waals surface area contributed by atoms with Gasteiger partial charge in [0.1, 0.15) is 0 Å². The van der Waals surface area contributed by atoms with Gasteiger partial charge in [-0.25, -0.2) is 0 Å². The predicted molar refractivity (Wildman–Crippen MR) is 90.2 cm³/mol. The molecule has 1 rings (SSSR count). The van der Waals surface area contributed by atoms with Crippen LogP contribution in [0.5, 0.6) is 0 Å². The average molecular weight is 282 g/mol. The summed E-state index contributed by atoms with van der Waals surface area (Å²) in [5.41, 5.74) is 2.50. The molecule has 1 amide bonds. The average Bonchev–Trinajstić information content (AvgIpc) is 2.51. The van der Waals surface area contributed by atoms with Crippen molar-refractivity contribution in [1.82, 2.24) is 0 Å². The molecule has 21 heavy (non-hydrogen) atoms. The van der Waals surface area contributed by atoms with Crippen molar-refractivity contribution in [3.05, 3.63) is 48.1 Å². The molecule has 0 fully saturated rings. The van der Waals surface area contributed by atoms with Crippen LogP contribution in [-0.2, 0) is 4.79 Å². The summed E-state index contributed by atoms with van der Waals surface area (Å²) in [6.07, 6.45) is 12.8. The summed E-state index contributed by atoms with van der Waals surface area (Å²) in [6.45, 7) is 4.39. The van der Waals surface area contributed by atoms with Crippen LogP contribution >= 0.6 is 0 Å². The maximum atomic E-state index is 11.7. The standard InChI is InChI=1S/C18H22N2O/c1-4-6-7-8-9-14-19-16-10-12-17(13-11-16)20-18(21)15(3)5-2/h1,5,8-13,19H,6-7,14H2,2-3H3,(H,20,21)/b9-8-,15-5-. The minimum atomic E-state index is -0.0744. The molecule has 2 N–H and O–H groups in total. The zero-order valence-corrected chi connectivity index (χ0v) is 12.6. The Balaban J connectivity index is 2.42. The highest BCUT2D eigenvalue weighted by atomic mass is 16.1. The zero-order chi connectivity index (χ0) is 15.5. The van der Waals surface area contributed by atoms with Gasteiger partial charge in [-0.15, -0.1) is 12.3 Å². The Kier molecular flexibility index (Phi) is 7.45. The Bertz CT molecular complexity index is 548. The Morgan fingerprint density at radius 1 is 1.24 bits per heavy atom. The zero-order valence-electron chi connectivity index (χ0n) is 12.6. The van der Waals surface area contributed by atoms with Crippen LogP contribution in [0.3, 0.4) is 0 Å². The molecule has 0 aliphatic rings. The van der Waals surface area contributed by atoms with Crippen molar-refractivity contribution in [2.45, 2.75) is 26.7 Å². The molecule has 1 aromatic carbocycles. The van der Waals surface area contributed by atoms with Gasteiger partial charge in [0, 0.05) is 29.9 Å². The number of rotatable bonds is 7. The first-order valence-corrected chi connectivity index (χ1v) is 7.04. The summed E-state index contributed by atoms with van der Waals surface area (Å²) in [5, 5.41) is 6.12.